The van der Waals surface area contributed by atoms with Crippen molar-refractivity contribution in [2.75, 3.05) is 18.5 Å². The highest BCUT2D eigenvalue weighted by atomic mass is 35.5. The molecule has 1 aromatic rings. The van der Waals surface area contributed by atoms with Crippen molar-refractivity contribution in [1.82, 2.24) is 10.3 Å². The van der Waals surface area contributed by atoms with Crippen molar-refractivity contribution in [1.29, 1.82) is 0 Å². The molecule has 0 radical (unpaired) electrons. The van der Waals surface area contributed by atoms with Crippen LogP contribution in [-0.4, -0.2) is 30.7 Å². The van der Waals surface area contributed by atoms with Crippen LogP contribution in [0.2, 0.25) is 0 Å². The molecule has 1 aliphatic heterocycles. The molecule has 4 heteroatoms. The maximum atomic E-state index is 4.21. The first kappa shape index (κ1) is 11.7. The lowest BCUT2D eigenvalue weighted by atomic mass is 10.1. The molecular formula is C12H18ClN3. The number of rotatable bonds is 3. The first-order chi connectivity index (χ1) is 7.40. The molecule has 3 rings (SSSR count). The van der Waals surface area contributed by atoms with Gasteiger partial charge in [0.25, 0.3) is 0 Å². The van der Waals surface area contributed by atoms with Gasteiger partial charge in [0, 0.05) is 24.8 Å². The number of likely N-dealkylation sites (N-methyl/N-ethyl adjacent to an activating group) is 1. The molecule has 2 heterocycles. The SMILES string of the molecule is CNCC1CC2CC2N1c1cccnc1.Cl. The Bertz CT molecular complexity index is 343. The lowest BCUT2D eigenvalue weighted by Crippen LogP contribution is -2.39. The average Bonchev–Trinajstić information content (AvgIpc) is 2.92. The summed E-state index contributed by atoms with van der Waals surface area (Å²) in [4.78, 5) is 6.78. The van der Waals surface area contributed by atoms with Gasteiger partial charge in [0.15, 0.2) is 0 Å². The standard InChI is InChI=1S/C12H17N3.ClH/c1-13-7-11-5-9-6-12(9)15(11)10-3-2-4-14-8-10;/h2-4,8-9,11-13H,5-7H2,1H3;1H. The fraction of sp³-hybridized carbons (Fsp3) is 0.583. The summed E-state index contributed by atoms with van der Waals surface area (Å²) in [7, 11) is 2.03. The number of anilines is 1. The maximum Gasteiger partial charge on any atom is 0.0558 e. The molecule has 88 valence electrons. The molecule has 3 nitrogen and oxygen atoms in total. The highest BCUT2D eigenvalue weighted by molar-refractivity contribution is 5.85. The quantitative estimate of drug-likeness (QED) is 0.870. The van der Waals surface area contributed by atoms with E-state index in [0.29, 0.717) is 6.04 Å². The Balaban J connectivity index is 0.000000963. The van der Waals surface area contributed by atoms with E-state index in [0.717, 1.165) is 18.5 Å². The molecular weight excluding hydrogens is 222 g/mol. The summed E-state index contributed by atoms with van der Waals surface area (Å²) >= 11 is 0. The number of aromatic nitrogens is 1. The molecule has 1 saturated carbocycles. The second-order valence-electron chi connectivity index (χ2n) is 4.63. The fourth-order valence-corrected chi connectivity index (χ4v) is 2.89. The van der Waals surface area contributed by atoms with Gasteiger partial charge in [-0.05, 0) is 37.9 Å². The van der Waals surface area contributed by atoms with Gasteiger partial charge in [-0.2, -0.15) is 0 Å². The van der Waals surface area contributed by atoms with Crippen LogP contribution in [0.3, 0.4) is 0 Å². The van der Waals surface area contributed by atoms with Gasteiger partial charge in [-0.1, -0.05) is 0 Å². The third kappa shape index (κ3) is 1.89. The number of fused-ring (bicyclic) bond motifs is 1. The molecule has 1 saturated heterocycles. The number of hydrogen-bond acceptors (Lipinski definition) is 3. The second kappa shape index (κ2) is 4.60. The van der Waals surface area contributed by atoms with Crippen molar-refractivity contribution in [2.24, 2.45) is 5.92 Å². The van der Waals surface area contributed by atoms with Gasteiger partial charge in [-0.15, -0.1) is 12.4 Å². The molecule has 1 aliphatic carbocycles. The first-order valence-electron chi connectivity index (χ1n) is 5.73. The first-order valence-corrected chi connectivity index (χ1v) is 5.73. The Morgan fingerprint density at radius 3 is 3.06 bits per heavy atom. The summed E-state index contributed by atoms with van der Waals surface area (Å²) < 4.78 is 0. The summed E-state index contributed by atoms with van der Waals surface area (Å²) in [6.07, 6.45) is 6.57. The van der Waals surface area contributed by atoms with Crippen LogP contribution in [0.25, 0.3) is 0 Å². The predicted octanol–water partition coefficient (Wildman–Crippen LogP) is 1.69. The van der Waals surface area contributed by atoms with Crippen molar-refractivity contribution in [3.05, 3.63) is 24.5 Å². The molecule has 0 bridgehead atoms. The largest absolute Gasteiger partial charge is 0.363 e. The van der Waals surface area contributed by atoms with E-state index in [1.165, 1.54) is 18.5 Å². The monoisotopic (exact) mass is 239 g/mol. The van der Waals surface area contributed by atoms with Crippen molar-refractivity contribution in [3.8, 4) is 0 Å². The number of nitrogens with zero attached hydrogens (tertiary/aromatic N) is 2. The molecule has 2 aliphatic rings. The van der Waals surface area contributed by atoms with E-state index in [9.17, 15) is 0 Å². The van der Waals surface area contributed by atoms with E-state index in [1.807, 2.05) is 25.5 Å². The van der Waals surface area contributed by atoms with E-state index >= 15 is 0 Å². The maximum absolute atomic E-state index is 4.21. The van der Waals surface area contributed by atoms with Crippen molar-refractivity contribution < 1.29 is 0 Å². The highest BCUT2D eigenvalue weighted by Gasteiger charge is 2.51. The molecule has 1 N–H and O–H groups in total. The topological polar surface area (TPSA) is 28.2 Å². The third-order valence-corrected chi connectivity index (χ3v) is 3.59. The predicted molar refractivity (Wildman–Crippen MR) is 68.2 cm³/mol. The van der Waals surface area contributed by atoms with E-state index < -0.39 is 0 Å². The number of pyridine rings is 1. The smallest absolute Gasteiger partial charge is 0.0558 e. The normalized spacial score (nSPS) is 30.8. The average molecular weight is 240 g/mol. The molecule has 2 fully saturated rings. The number of nitrogens with one attached hydrogen (secondary N) is 1. The summed E-state index contributed by atoms with van der Waals surface area (Å²) in [5.41, 5.74) is 1.29. The van der Waals surface area contributed by atoms with Crippen LogP contribution in [-0.2, 0) is 0 Å². The van der Waals surface area contributed by atoms with Gasteiger partial charge < -0.3 is 10.2 Å². The van der Waals surface area contributed by atoms with E-state index in [-0.39, 0.29) is 12.4 Å². The summed E-state index contributed by atoms with van der Waals surface area (Å²) in [5.74, 6) is 0.948. The number of halogens is 1. The van der Waals surface area contributed by atoms with Crippen LogP contribution in [0.15, 0.2) is 24.5 Å². The molecule has 3 atom stereocenters. The van der Waals surface area contributed by atoms with E-state index in [1.54, 1.807) is 0 Å². The Hall–Kier alpha value is -0.800. The third-order valence-electron chi connectivity index (χ3n) is 3.59. The van der Waals surface area contributed by atoms with E-state index in [2.05, 4.69) is 21.3 Å². The minimum absolute atomic E-state index is 0. The van der Waals surface area contributed by atoms with Crippen LogP contribution in [0, 0.1) is 5.92 Å². The van der Waals surface area contributed by atoms with Gasteiger partial charge in [-0.3, -0.25) is 4.98 Å². The summed E-state index contributed by atoms with van der Waals surface area (Å²) in [5, 5.41) is 3.29. The molecule has 0 amide bonds. The van der Waals surface area contributed by atoms with Gasteiger partial charge >= 0.3 is 0 Å². The van der Waals surface area contributed by atoms with Crippen molar-refractivity contribution >= 4 is 18.1 Å². The number of hydrogen-bond donors (Lipinski definition) is 1. The highest BCUT2D eigenvalue weighted by Crippen LogP contribution is 2.49. The van der Waals surface area contributed by atoms with Gasteiger partial charge in [0.05, 0.1) is 11.9 Å². The zero-order valence-corrected chi connectivity index (χ0v) is 10.3. The zero-order valence-electron chi connectivity index (χ0n) is 9.47. The summed E-state index contributed by atoms with van der Waals surface area (Å²) in [6, 6.07) is 5.67. The molecule has 0 spiro atoms. The van der Waals surface area contributed by atoms with Gasteiger partial charge in [0.2, 0.25) is 0 Å². The Morgan fingerprint density at radius 2 is 2.38 bits per heavy atom. The van der Waals surface area contributed by atoms with Gasteiger partial charge in [0.1, 0.15) is 0 Å². The van der Waals surface area contributed by atoms with Crippen LogP contribution in [0.4, 0.5) is 5.69 Å². The fourth-order valence-electron chi connectivity index (χ4n) is 2.89. The van der Waals surface area contributed by atoms with E-state index in [4.69, 9.17) is 0 Å². The Kier molecular flexibility index (Phi) is 3.36. The molecule has 1 aromatic heterocycles. The van der Waals surface area contributed by atoms with Crippen LogP contribution in [0.5, 0.6) is 0 Å². The molecule has 0 aromatic carbocycles. The summed E-state index contributed by atoms with van der Waals surface area (Å²) in [6.45, 7) is 1.09. The van der Waals surface area contributed by atoms with Crippen LogP contribution < -0.4 is 10.2 Å². The van der Waals surface area contributed by atoms with Crippen molar-refractivity contribution in [2.45, 2.75) is 24.9 Å². The molecule has 16 heavy (non-hydrogen) atoms. The second-order valence-corrected chi connectivity index (χ2v) is 4.63. The van der Waals surface area contributed by atoms with Crippen LogP contribution >= 0.6 is 12.4 Å². The van der Waals surface area contributed by atoms with Crippen LogP contribution in [0.1, 0.15) is 12.8 Å². The minimum atomic E-state index is 0. The minimum Gasteiger partial charge on any atom is -0.363 e. The lowest BCUT2D eigenvalue weighted by molar-refractivity contribution is 0.564. The Morgan fingerprint density at radius 1 is 1.50 bits per heavy atom. The zero-order chi connectivity index (χ0) is 10.3. The molecule has 3 unspecified atom stereocenters. The number of piperidine rings is 1. The van der Waals surface area contributed by atoms with Gasteiger partial charge in [-0.25, -0.2) is 0 Å². The van der Waals surface area contributed by atoms with Crippen molar-refractivity contribution in [3.63, 3.8) is 0 Å². The lowest BCUT2D eigenvalue weighted by Gasteiger charge is -2.29. The Labute approximate surface area is 103 Å².